The van der Waals surface area contributed by atoms with Crippen LogP contribution in [0.25, 0.3) is 0 Å². The molecule has 0 saturated heterocycles. The van der Waals surface area contributed by atoms with Crippen molar-refractivity contribution in [2.45, 2.75) is 4.90 Å². The fraction of sp³-hybridized carbons (Fsp3) is 0.133. The van der Waals surface area contributed by atoms with Crippen LogP contribution in [0.2, 0.25) is 10.0 Å². The van der Waals surface area contributed by atoms with Crippen molar-refractivity contribution in [2.24, 2.45) is 0 Å². The van der Waals surface area contributed by atoms with Crippen molar-refractivity contribution in [3.8, 4) is 0 Å². The molecule has 0 saturated carbocycles. The molecule has 23 heavy (non-hydrogen) atoms. The Bertz CT molecular complexity index is 796. The number of hydrogen-bond donors (Lipinski definition) is 2. The number of amides is 1. The summed E-state index contributed by atoms with van der Waals surface area (Å²) < 4.78 is 26.7. The van der Waals surface area contributed by atoms with Gasteiger partial charge in [-0.2, -0.15) is 0 Å². The largest absolute Gasteiger partial charge is 0.351 e. The van der Waals surface area contributed by atoms with E-state index in [9.17, 15) is 13.2 Å². The molecule has 1 amide bonds. The maximum absolute atomic E-state index is 12.2. The number of nitrogens with one attached hydrogen (secondary N) is 2. The van der Waals surface area contributed by atoms with Crippen LogP contribution >= 0.6 is 23.2 Å². The van der Waals surface area contributed by atoms with Crippen LogP contribution in [-0.4, -0.2) is 27.4 Å². The van der Waals surface area contributed by atoms with Crippen LogP contribution < -0.4 is 10.0 Å². The number of carbonyl (C=O) groups excluding carboxylic acids is 1. The topological polar surface area (TPSA) is 75.3 Å². The molecule has 122 valence electrons. The Labute approximate surface area is 144 Å². The Kier molecular flexibility index (Phi) is 6.01. The van der Waals surface area contributed by atoms with Crippen LogP contribution in [0.15, 0.2) is 53.4 Å². The first kappa shape index (κ1) is 17.7. The highest BCUT2D eigenvalue weighted by atomic mass is 35.5. The van der Waals surface area contributed by atoms with E-state index in [2.05, 4.69) is 10.0 Å². The Morgan fingerprint density at radius 3 is 2.35 bits per heavy atom. The Morgan fingerprint density at radius 1 is 0.957 bits per heavy atom. The van der Waals surface area contributed by atoms with Crippen molar-refractivity contribution in [1.29, 1.82) is 0 Å². The minimum atomic E-state index is -3.79. The zero-order chi connectivity index (χ0) is 16.9. The standard InChI is InChI=1S/C15H14Cl2N2O3S/c16-12-7-4-8-13(14(12)17)23(21,22)19-10-9-18-15(20)11-5-2-1-3-6-11/h1-8,19H,9-10H2,(H,18,20). The van der Waals surface area contributed by atoms with Gasteiger partial charge in [-0.25, -0.2) is 13.1 Å². The maximum atomic E-state index is 12.2. The van der Waals surface area contributed by atoms with Crippen LogP contribution in [-0.2, 0) is 10.0 Å². The summed E-state index contributed by atoms with van der Waals surface area (Å²) in [6.45, 7) is 0.175. The normalized spacial score (nSPS) is 11.2. The maximum Gasteiger partial charge on any atom is 0.251 e. The third-order valence-electron chi connectivity index (χ3n) is 2.94. The van der Waals surface area contributed by atoms with Gasteiger partial charge in [-0.1, -0.05) is 47.5 Å². The summed E-state index contributed by atoms with van der Waals surface area (Å²) in [4.78, 5) is 11.7. The first-order valence-electron chi connectivity index (χ1n) is 6.69. The number of hydrogen-bond acceptors (Lipinski definition) is 3. The molecule has 8 heteroatoms. The number of rotatable bonds is 6. The summed E-state index contributed by atoms with van der Waals surface area (Å²) in [7, 11) is -3.79. The summed E-state index contributed by atoms with van der Waals surface area (Å²) in [6.07, 6.45) is 0. The number of sulfonamides is 1. The second kappa shape index (κ2) is 7.79. The molecular weight excluding hydrogens is 359 g/mol. The van der Waals surface area contributed by atoms with Crippen LogP contribution in [0.5, 0.6) is 0 Å². The van der Waals surface area contributed by atoms with Crippen molar-refractivity contribution in [3.05, 3.63) is 64.1 Å². The van der Waals surface area contributed by atoms with E-state index in [0.29, 0.717) is 5.56 Å². The van der Waals surface area contributed by atoms with Crippen molar-refractivity contribution < 1.29 is 13.2 Å². The average molecular weight is 373 g/mol. The van der Waals surface area contributed by atoms with Gasteiger partial charge in [0.2, 0.25) is 10.0 Å². The summed E-state index contributed by atoms with van der Waals surface area (Å²) in [6, 6.07) is 13.0. The zero-order valence-electron chi connectivity index (χ0n) is 11.9. The predicted molar refractivity (Wildman–Crippen MR) is 90.4 cm³/mol. The smallest absolute Gasteiger partial charge is 0.251 e. The van der Waals surface area contributed by atoms with Gasteiger partial charge >= 0.3 is 0 Å². The molecule has 0 atom stereocenters. The molecule has 0 radical (unpaired) electrons. The van der Waals surface area contributed by atoms with Gasteiger partial charge in [-0.15, -0.1) is 0 Å². The molecule has 0 unspecified atom stereocenters. The van der Waals surface area contributed by atoms with Crippen LogP contribution in [0.3, 0.4) is 0 Å². The first-order valence-corrected chi connectivity index (χ1v) is 8.92. The molecule has 0 bridgehead atoms. The summed E-state index contributed by atoms with van der Waals surface area (Å²) in [5.41, 5.74) is 0.508. The minimum Gasteiger partial charge on any atom is -0.351 e. The lowest BCUT2D eigenvalue weighted by atomic mass is 10.2. The van der Waals surface area contributed by atoms with E-state index in [-0.39, 0.29) is 33.9 Å². The van der Waals surface area contributed by atoms with Gasteiger partial charge in [0.15, 0.2) is 0 Å². The number of carbonyl (C=O) groups is 1. The number of halogens is 2. The molecule has 2 aromatic rings. The molecule has 0 aliphatic rings. The summed E-state index contributed by atoms with van der Waals surface area (Å²) >= 11 is 11.7. The fourth-order valence-electron chi connectivity index (χ4n) is 1.82. The average Bonchev–Trinajstić information content (AvgIpc) is 2.54. The second-order valence-electron chi connectivity index (χ2n) is 4.57. The molecule has 0 aliphatic carbocycles. The van der Waals surface area contributed by atoms with Crippen molar-refractivity contribution in [1.82, 2.24) is 10.0 Å². The van der Waals surface area contributed by atoms with E-state index < -0.39 is 10.0 Å². The van der Waals surface area contributed by atoms with E-state index in [1.165, 1.54) is 18.2 Å². The Hall–Kier alpha value is -1.60. The van der Waals surface area contributed by atoms with E-state index >= 15 is 0 Å². The molecule has 0 spiro atoms. The van der Waals surface area contributed by atoms with Gasteiger partial charge in [0.1, 0.15) is 4.90 Å². The lowest BCUT2D eigenvalue weighted by molar-refractivity contribution is 0.0954. The highest BCUT2D eigenvalue weighted by Gasteiger charge is 2.18. The lowest BCUT2D eigenvalue weighted by Gasteiger charge is -2.10. The quantitative estimate of drug-likeness (QED) is 0.765. The highest BCUT2D eigenvalue weighted by Crippen LogP contribution is 2.28. The van der Waals surface area contributed by atoms with Gasteiger partial charge < -0.3 is 5.32 Å². The van der Waals surface area contributed by atoms with E-state index in [1.807, 2.05) is 0 Å². The molecule has 5 nitrogen and oxygen atoms in total. The van der Waals surface area contributed by atoms with Crippen molar-refractivity contribution in [3.63, 3.8) is 0 Å². The van der Waals surface area contributed by atoms with Crippen LogP contribution in [0.1, 0.15) is 10.4 Å². The SMILES string of the molecule is O=C(NCCNS(=O)(=O)c1cccc(Cl)c1Cl)c1ccccc1. The van der Waals surface area contributed by atoms with E-state index in [1.54, 1.807) is 30.3 Å². The van der Waals surface area contributed by atoms with E-state index in [4.69, 9.17) is 23.2 Å². The summed E-state index contributed by atoms with van der Waals surface area (Å²) in [5, 5.41) is 2.75. The first-order chi connectivity index (χ1) is 10.9. The Morgan fingerprint density at radius 2 is 1.65 bits per heavy atom. The summed E-state index contributed by atoms with van der Waals surface area (Å²) in [5.74, 6) is -0.273. The molecule has 0 fully saturated rings. The van der Waals surface area contributed by atoms with Crippen molar-refractivity contribution >= 4 is 39.1 Å². The van der Waals surface area contributed by atoms with Gasteiger partial charge in [-0.3, -0.25) is 4.79 Å². The third kappa shape index (κ3) is 4.68. The van der Waals surface area contributed by atoms with Crippen LogP contribution in [0, 0.1) is 0 Å². The molecule has 2 rings (SSSR count). The highest BCUT2D eigenvalue weighted by molar-refractivity contribution is 7.89. The van der Waals surface area contributed by atoms with Crippen molar-refractivity contribution in [2.75, 3.05) is 13.1 Å². The van der Waals surface area contributed by atoms with E-state index in [0.717, 1.165) is 0 Å². The molecular formula is C15H14Cl2N2O3S. The van der Waals surface area contributed by atoms with Gasteiger partial charge in [0.25, 0.3) is 5.91 Å². The van der Waals surface area contributed by atoms with Gasteiger partial charge in [0, 0.05) is 18.7 Å². The second-order valence-corrected chi connectivity index (χ2v) is 7.09. The third-order valence-corrected chi connectivity index (χ3v) is 5.38. The molecule has 2 aromatic carbocycles. The van der Waals surface area contributed by atoms with Crippen LogP contribution in [0.4, 0.5) is 0 Å². The molecule has 0 heterocycles. The Balaban J connectivity index is 1.91. The predicted octanol–water partition coefficient (Wildman–Crippen LogP) is 2.70. The lowest BCUT2D eigenvalue weighted by Crippen LogP contribution is -2.34. The molecule has 2 N–H and O–H groups in total. The molecule has 0 aliphatic heterocycles. The number of benzene rings is 2. The molecule has 0 aromatic heterocycles. The van der Waals surface area contributed by atoms with Gasteiger partial charge in [0.05, 0.1) is 10.0 Å². The monoisotopic (exact) mass is 372 g/mol. The zero-order valence-corrected chi connectivity index (χ0v) is 14.3. The minimum absolute atomic E-state index is 0.0315. The van der Waals surface area contributed by atoms with Gasteiger partial charge in [-0.05, 0) is 24.3 Å². The fourth-order valence-corrected chi connectivity index (χ4v) is 3.61.